The fraction of sp³-hybridized carbons (Fsp3) is 0.650. The summed E-state index contributed by atoms with van der Waals surface area (Å²) in [4.78, 5) is 34.5. The third kappa shape index (κ3) is 15.4. The fourth-order valence-electron chi connectivity index (χ4n) is 1.92. The first kappa shape index (κ1) is 23.9. The van der Waals surface area contributed by atoms with Gasteiger partial charge in [-0.25, -0.2) is 0 Å². The lowest BCUT2D eigenvalue weighted by atomic mass is 10.2. The number of esters is 3. The van der Waals surface area contributed by atoms with E-state index < -0.39 is 18.0 Å². The van der Waals surface area contributed by atoms with Crippen LogP contribution in [0.2, 0.25) is 0 Å². The fourth-order valence-corrected chi connectivity index (χ4v) is 1.92. The van der Waals surface area contributed by atoms with Gasteiger partial charge in [0.2, 0.25) is 0 Å². The van der Waals surface area contributed by atoms with Gasteiger partial charge < -0.3 is 14.2 Å². The molecule has 0 aromatic carbocycles. The zero-order chi connectivity index (χ0) is 19.6. The Balaban J connectivity index is 4.27. The van der Waals surface area contributed by atoms with Crippen molar-refractivity contribution in [1.82, 2.24) is 0 Å². The number of unbranched alkanes of at least 4 members (excludes halogenated alkanes) is 1. The van der Waals surface area contributed by atoms with Crippen LogP contribution < -0.4 is 0 Å². The van der Waals surface area contributed by atoms with Crippen LogP contribution in [-0.2, 0) is 28.6 Å². The first-order chi connectivity index (χ1) is 12.5. The maximum absolute atomic E-state index is 11.8. The maximum atomic E-state index is 11.8. The maximum Gasteiger partial charge on any atom is 0.306 e. The molecule has 0 spiro atoms. The molecular formula is C20H32O6. The summed E-state index contributed by atoms with van der Waals surface area (Å²) in [7, 11) is 0. The highest BCUT2D eigenvalue weighted by Crippen LogP contribution is 2.04. The monoisotopic (exact) mass is 368 g/mol. The molecule has 0 aromatic rings. The molecule has 1 unspecified atom stereocenters. The first-order valence-electron chi connectivity index (χ1n) is 9.28. The van der Waals surface area contributed by atoms with Crippen LogP contribution in [0.3, 0.4) is 0 Å². The van der Waals surface area contributed by atoms with Crippen LogP contribution in [0.15, 0.2) is 24.3 Å². The molecule has 26 heavy (non-hydrogen) atoms. The van der Waals surface area contributed by atoms with Crippen LogP contribution in [0.25, 0.3) is 0 Å². The molecule has 0 aliphatic rings. The molecule has 0 aliphatic carbocycles. The summed E-state index contributed by atoms with van der Waals surface area (Å²) < 4.78 is 15.3. The van der Waals surface area contributed by atoms with Gasteiger partial charge in [0.25, 0.3) is 0 Å². The second kappa shape index (κ2) is 16.4. The molecule has 0 heterocycles. The molecule has 0 radical (unpaired) electrons. The van der Waals surface area contributed by atoms with Crippen molar-refractivity contribution in [2.75, 3.05) is 13.2 Å². The molecule has 0 N–H and O–H groups in total. The third-order valence-electron chi connectivity index (χ3n) is 3.26. The lowest BCUT2D eigenvalue weighted by Gasteiger charge is -2.17. The zero-order valence-electron chi connectivity index (χ0n) is 16.2. The topological polar surface area (TPSA) is 78.9 Å². The number of hydrogen-bond donors (Lipinski definition) is 0. The number of allylic oxidation sites excluding steroid dienone is 4. The molecule has 0 rings (SSSR count). The standard InChI is InChI=1S/C20H32O6/c1-4-6-8-10-12-13-19(22)25-16-18(15-24-17(3)21)26-20(23)14-11-9-7-5-2/h7-10,18H,4-6,11-16H2,1-3H3/b9-7-,10-8-. The van der Waals surface area contributed by atoms with Gasteiger partial charge in [0, 0.05) is 19.8 Å². The van der Waals surface area contributed by atoms with Crippen molar-refractivity contribution in [3.63, 3.8) is 0 Å². The van der Waals surface area contributed by atoms with E-state index in [1.54, 1.807) is 0 Å². The van der Waals surface area contributed by atoms with Crippen LogP contribution >= 0.6 is 0 Å². The first-order valence-corrected chi connectivity index (χ1v) is 9.28. The van der Waals surface area contributed by atoms with Gasteiger partial charge in [0.1, 0.15) is 13.2 Å². The van der Waals surface area contributed by atoms with Crippen molar-refractivity contribution < 1.29 is 28.6 Å². The van der Waals surface area contributed by atoms with E-state index >= 15 is 0 Å². The number of rotatable bonds is 14. The highest BCUT2D eigenvalue weighted by atomic mass is 16.6. The highest BCUT2D eigenvalue weighted by Gasteiger charge is 2.18. The van der Waals surface area contributed by atoms with E-state index in [1.807, 2.05) is 31.2 Å². The smallest absolute Gasteiger partial charge is 0.306 e. The van der Waals surface area contributed by atoms with Crippen molar-refractivity contribution in [3.8, 4) is 0 Å². The molecule has 0 saturated carbocycles. The molecule has 148 valence electrons. The summed E-state index contributed by atoms with van der Waals surface area (Å²) in [6.07, 6.45) is 11.7. The van der Waals surface area contributed by atoms with E-state index in [2.05, 4.69) is 6.92 Å². The predicted octanol–water partition coefficient (Wildman–Crippen LogP) is 3.89. The number of carbonyl (C=O) groups is 3. The van der Waals surface area contributed by atoms with Gasteiger partial charge in [-0.3, -0.25) is 14.4 Å². The summed E-state index contributed by atoms with van der Waals surface area (Å²) in [6.45, 7) is 5.11. The largest absolute Gasteiger partial charge is 0.462 e. The Bertz CT molecular complexity index is 467. The lowest BCUT2D eigenvalue weighted by molar-refractivity contribution is -0.166. The SMILES string of the molecule is CC/C=C\CCC(=O)OC(COC(C)=O)COC(=O)CC/C=C\CCC. The number of hydrogen-bond acceptors (Lipinski definition) is 6. The van der Waals surface area contributed by atoms with Gasteiger partial charge in [0.05, 0.1) is 0 Å². The molecule has 1 atom stereocenters. The minimum absolute atomic E-state index is 0.124. The van der Waals surface area contributed by atoms with Gasteiger partial charge in [-0.15, -0.1) is 0 Å². The average molecular weight is 368 g/mol. The number of ether oxygens (including phenoxy) is 3. The summed E-state index contributed by atoms with van der Waals surface area (Å²) >= 11 is 0. The van der Waals surface area contributed by atoms with Crippen molar-refractivity contribution in [2.45, 2.75) is 71.8 Å². The van der Waals surface area contributed by atoms with E-state index in [-0.39, 0.29) is 32.0 Å². The molecule has 6 nitrogen and oxygen atoms in total. The molecule has 0 aliphatic heterocycles. The van der Waals surface area contributed by atoms with Crippen molar-refractivity contribution in [2.24, 2.45) is 0 Å². The zero-order valence-corrected chi connectivity index (χ0v) is 16.2. The minimum atomic E-state index is -0.791. The lowest BCUT2D eigenvalue weighted by Crippen LogP contribution is -2.30. The van der Waals surface area contributed by atoms with E-state index in [4.69, 9.17) is 14.2 Å². The molecule has 0 amide bonds. The molecule has 0 saturated heterocycles. The molecule has 0 fully saturated rings. The quantitative estimate of drug-likeness (QED) is 0.263. The molecular weight excluding hydrogens is 336 g/mol. The molecule has 6 heteroatoms. The van der Waals surface area contributed by atoms with E-state index in [0.717, 1.165) is 19.3 Å². The van der Waals surface area contributed by atoms with Crippen molar-refractivity contribution >= 4 is 17.9 Å². The molecule has 0 bridgehead atoms. The highest BCUT2D eigenvalue weighted by molar-refractivity contribution is 5.70. The Kier molecular flexibility index (Phi) is 15.0. The van der Waals surface area contributed by atoms with Gasteiger partial charge in [-0.05, 0) is 25.7 Å². The van der Waals surface area contributed by atoms with E-state index in [9.17, 15) is 14.4 Å². The van der Waals surface area contributed by atoms with E-state index in [0.29, 0.717) is 12.8 Å². The van der Waals surface area contributed by atoms with E-state index in [1.165, 1.54) is 6.92 Å². The Morgan fingerprint density at radius 1 is 0.808 bits per heavy atom. The second-order valence-corrected chi connectivity index (χ2v) is 5.81. The minimum Gasteiger partial charge on any atom is -0.462 e. The van der Waals surface area contributed by atoms with Crippen LogP contribution in [0.5, 0.6) is 0 Å². The summed E-state index contributed by atoms with van der Waals surface area (Å²) in [6, 6.07) is 0. The van der Waals surface area contributed by atoms with Crippen LogP contribution in [-0.4, -0.2) is 37.2 Å². The average Bonchev–Trinajstić information content (AvgIpc) is 2.60. The third-order valence-corrected chi connectivity index (χ3v) is 3.26. The Hall–Kier alpha value is -2.11. The normalized spacial score (nSPS) is 12.3. The second-order valence-electron chi connectivity index (χ2n) is 5.81. The Morgan fingerprint density at radius 2 is 1.38 bits per heavy atom. The Morgan fingerprint density at radius 3 is 2.00 bits per heavy atom. The summed E-state index contributed by atoms with van der Waals surface area (Å²) in [5, 5.41) is 0. The van der Waals surface area contributed by atoms with Crippen molar-refractivity contribution in [3.05, 3.63) is 24.3 Å². The molecule has 0 aromatic heterocycles. The van der Waals surface area contributed by atoms with Gasteiger partial charge in [0.15, 0.2) is 6.10 Å². The van der Waals surface area contributed by atoms with Crippen LogP contribution in [0, 0.1) is 0 Å². The van der Waals surface area contributed by atoms with Crippen molar-refractivity contribution in [1.29, 1.82) is 0 Å². The Labute approximate surface area is 156 Å². The van der Waals surface area contributed by atoms with Crippen LogP contribution in [0.1, 0.15) is 65.7 Å². The van der Waals surface area contributed by atoms with Gasteiger partial charge in [-0.2, -0.15) is 0 Å². The van der Waals surface area contributed by atoms with Gasteiger partial charge in [-0.1, -0.05) is 44.6 Å². The van der Waals surface area contributed by atoms with Crippen LogP contribution in [0.4, 0.5) is 0 Å². The number of carbonyl (C=O) groups excluding carboxylic acids is 3. The van der Waals surface area contributed by atoms with Gasteiger partial charge >= 0.3 is 17.9 Å². The summed E-state index contributed by atoms with van der Waals surface area (Å²) in [5.41, 5.74) is 0. The predicted molar refractivity (Wildman–Crippen MR) is 99.4 cm³/mol. The summed E-state index contributed by atoms with van der Waals surface area (Å²) in [5.74, 6) is -1.27.